The van der Waals surface area contributed by atoms with E-state index in [1.165, 1.54) is 205 Å². The van der Waals surface area contributed by atoms with Gasteiger partial charge in [0.2, 0.25) is 0 Å². The van der Waals surface area contributed by atoms with Crippen molar-refractivity contribution in [2.24, 2.45) is 0 Å². The smallest absolute Gasteiger partial charge is 0.463 e. The molecule has 0 saturated carbocycles. The monoisotopic (exact) mass is 1570 g/mol. The van der Waals surface area contributed by atoms with Crippen molar-refractivity contribution in [3.63, 3.8) is 0 Å². The number of carbonyl (C=O) groups is 3. The van der Waals surface area contributed by atoms with E-state index in [2.05, 4.69) is 130 Å². The molecule has 5 atom stereocenters. The summed E-state index contributed by atoms with van der Waals surface area (Å²) in [7, 11) is -9.78. The van der Waals surface area contributed by atoms with Gasteiger partial charge in [0, 0.05) is 19.3 Å². The summed E-state index contributed by atoms with van der Waals surface area (Å²) in [5, 5.41) is 20.7. The van der Waals surface area contributed by atoms with Crippen LogP contribution in [0.3, 0.4) is 0 Å². The predicted octanol–water partition coefficient (Wildman–Crippen LogP) is 26.7. The molecule has 0 rings (SSSR count). The van der Waals surface area contributed by atoms with E-state index in [1.807, 2.05) is 0 Å². The summed E-state index contributed by atoms with van der Waals surface area (Å²) in [5.41, 5.74) is 0. The molecular formula is C91H162O16P2. The van der Waals surface area contributed by atoms with Gasteiger partial charge in [0.1, 0.15) is 25.4 Å². The largest absolute Gasteiger partial charge is 0.472 e. The van der Waals surface area contributed by atoms with Gasteiger partial charge in [-0.05, 0) is 109 Å². The van der Waals surface area contributed by atoms with Crippen molar-refractivity contribution in [3.05, 3.63) is 109 Å². The number of hydrogen-bond acceptors (Lipinski definition) is 14. The molecule has 0 bridgehead atoms. The molecule has 0 aliphatic carbocycles. The molecule has 0 saturated heterocycles. The molecule has 0 aliphatic rings. The van der Waals surface area contributed by atoms with E-state index in [0.29, 0.717) is 19.3 Å². The molecule has 0 spiro atoms. The Balaban J connectivity index is 4.32. The van der Waals surface area contributed by atoms with Crippen LogP contribution in [0, 0.1) is 0 Å². The van der Waals surface area contributed by atoms with Crippen LogP contribution in [0.4, 0.5) is 0 Å². The lowest BCUT2D eigenvalue weighted by atomic mass is 10.0. The summed E-state index contributed by atoms with van der Waals surface area (Å²) in [6.45, 7) is 2.58. The molecule has 0 radical (unpaired) electrons. The molecule has 16 nitrogen and oxygen atoms in total. The fraction of sp³-hybridized carbons (Fsp3) is 0.769. The minimum absolute atomic E-state index is 0.107. The summed E-state index contributed by atoms with van der Waals surface area (Å²) in [5.74, 6) is -1.56. The maximum atomic E-state index is 12.9. The standard InChI is InChI=1S/C91H162O16P2/c1-4-7-10-13-16-19-22-24-26-28-30-32-34-36-38-39-40-41-42-43-44-45-47-49-50-52-54-56-58-60-63-65-68-71-74-77-89(94)101-80-86(92)81-103-108(97,98)104-82-87(93)83-105-109(99,100)106-85-88(107-91(96)79-76-73-70-67-62-21-18-15-12-9-6-3)84-102-90(95)78-75-72-69-66-64-61-59-57-55-53-51-48-46-37-35-33-31-29-27-25-23-20-17-14-11-8-5-2/h8,11,16-17,19-20,24-27,30-33,36-38,46,86-88,92-93H,4-7,9-10,12-15,18,21-23,28-29,34-35,39-45,47-85H2,1-3H3,(H,97,98)(H,99,100)/b11-8-,19-16-,20-17-,26-24-,27-25-,32-30-,33-31-,38-36-,46-37-. The number of carbonyl (C=O) groups excluding carboxylic acids is 3. The second-order valence-electron chi connectivity index (χ2n) is 29.7. The maximum Gasteiger partial charge on any atom is 0.472 e. The average Bonchev–Trinajstić information content (AvgIpc) is 0.901. The molecule has 0 heterocycles. The molecule has 109 heavy (non-hydrogen) atoms. The van der Waals surface area contributed by atoms with E-state index >= 15 is 0 Å². The number of aliphatic hydroxyl groups is 2. The second-order valence-corrected chi connectivity index (χ2v) is 32.6. The van der Waals surface area contributed by atoms with E-state index in [0.717, 1.165) is 128 Å². The van der Waals surface area contributed by atoms with Crippen LogP contribution in [0.5, 0.6) is 0 Å². The Morgan fingerprint density at radius 3 is 0.789 bits per heavy atom. The normalized spacial score (nSPS) is 14.4. The molecule has 0 fully saturated rings. The lowest BCUT2D eigenvalue weighted by Crippen LogP contribution is -2.30. The molecule has 4 N–H and O–H groups in total. The highest BCUT2D eigenvalue weighted by Crippen LogP contribution is 2.45. The van der Waals surface area contributed by atoms with Crippen molar-refractivity contribution >= 4 is 33.6 Å². The van der Waals surface area contributed by atoms with E-state index in [-0.39, 0.29) is 19.3 Å². The summed E-state index contributed by atoms with van der Waals surface area (Å²) in [6, 6.07) is 0. The van der Waals surface area contributed by atoms with Crippen molar-refractivity contribution in [3.8, 4) is 0 Å². The minimum atomic E-state index is -4.93. The number of ether oxygens (including phenoxy) is 3. The van der Waals surface area contributed by atoms with Crippen LogP contribution in [0.25, 0.3) is 0 Å². The van der Waals surface area contributed by atoms with Gasteiger partial charge in [0.15, 0.2) is 6.10 Å². The van der Waals surface area contributed by atoms with Crippen molar-refractivity contribution < 1.29 is 75.8 Å². The first-order valence-electron chi connectivity index (χ1n) is 44.2. The molecule has 0 aromatic carbocycles. The molecule has 0 aromatic heterocycles. The second kappa shape index (κ2) is 83.6. The van der Waals surface area contributed by atoms with Gasteiger partial charge >= 0.3 is 33.6 Å². The van der Waals surface area contributed by atoms with E-state index in [4.69, 9.17) is 32.3 Å². The minimum Gasteiger partial charge on any atom is -0.463 e. The van der Waals surface area contributed by atoms with E-state index in [9.17, 15) is 43.5 Å². The number of aliphatic hydroxyl groups excluding tert-OH is 2. The van der Waals surface area contributed by atoms with Gasteiger partial charge in [0.25, 0.3) is 0 Å². The first-order valence-corrected chi connectivity index (χ1v) is 47.2. The molecule has 18 heteroatoms. The van der Waals surface area contributed by atoms with E-state index < -0.39 is 91.5 Å². The molecule has 0 amide bonds. The van der Waals surface area contributed by atoms with Gasteiger partial charge in [-0.25, -0.2) is 9.13 Å². The SMILES string of the molecule is CC/C=C\C/C=C\C/C=C\C/C=C\C/C=C\CCCCCCCCCCCCCC(=O)OCC(COP(=O)(O)OCC(O)COP(=O)(O)OCC(O)COC(=O)CCCCCCCCCCCCCCCCCCCCC/C=C\C/C=C\C/C=C\C/C=C\CCCCC)OC(=O)CCCCCCCCCCCCC. The third-order valence-electron chi connectivity index (χ3n) is 19.0. The molecule has 0 aliphatic heterocycles. The topological polar surface area (TPSA) is 231 Å². The van der Waals surface area contributed by atoms with Crippen LogP contribution in [-0.4, -0.2) is 95.9 Å². The molecule has 5 unspecified atom stereocenters. The Kier molecular flexibility index (Phi) is 80.7. The Bertz CT molecular complexity index is 2420. The van der Waals surface area contributed by atoms with Gasteiger partial charge in [-0.1, -0.05) is 374 Å². The van der Waals surface area contributed by atoms with Crippen LogP contribution in [0.1, 0.15) is 393 Å². The molecular weight excluding hydrogens is 1410 g/mol. The van der Waals surface area contributed by atoms with Gasteiger partial charge in [-0.15, -0.1) is 0 Å². The van der Waals surface area contributed by atoms with Crippen molar-refractivity contribution in [2.45, 2.75) is 411 Å². The Morgan fingerprint density at radius 2 is 0.486 bits per heavy atom. The van der Waals surface area contributed by atoms with Crippen LogP contribution in [0.15, 0.2) is 109 Å². The first kappa shape index (κ1) is 105. The average molecular weight is 1570 g/mol. The van der Waals surface area contributed by atoms with Gasteiger partial charge < -0.3 is 34.2 Å². The number of phosphoric acid groups is 2. The number of esters is 3. The fourth-order valence-electron chi connectivity index (χ4n) is 12.3. The molecule has 0 aromatic rings. The van der Waals surface area contributed by atoms with Gasteiger partial charge in [-0.2, -0.15) is 0 Å². The van der Waals surface area contributed by atoms with Crippen molar-refractivity contribution in [1.29, 1.82) is 0 Å². The third-order valence-corrected chi connectivity index (χ3v) is 20.9. The van der Waals surface area contributed by atoms with Gasteiger partial charge in [-0.3, -0.25) is 32.5 Å². The zero-order valence-corrected chi connectivity index (χ0v) is 71.3. The zero-order valence-electron chi connectivity index (χ0n) is 69.5. The fourth-order valence-corrected chi connectivity index (χ4v) is 13.9. The summed E-state index contributed by atoms with van der Waals surface area (Å²) in [4.78, 5) is 58.7. The summed E-state index contributed by atoms with van der Waals surface area (Å²) >= 11 is 0. The number of hydrogen-bond donors (Lipinski definition) is 4. The number of phosphoric ester groups is 2. The Hall–Kier alpha value is -3.79. The first-order chi connectivity index (χ1) is 53.2. The highest BCUT2D eigenvalue weighted by Gasteiger charge is 2.29. The highest BCUT2D eigenvalue weighted by atomic mass is 31.2. The van der Waals surface area contributed by atoms with Gasteiger partial charge in [0.05, 0.1) is 26.4 Å². The maximum absolute atomic E-state index is 12.9. The third kappa shape index (κ3) is 84.9. The molecule has 632 valence electrons. The van der Waals surface area contributed by atoms with Crippen LogP contribution < -0.4 is 0 Å². The van der Waals surface area contributed by atoms with Crippen molar-refractivity contribution in [2.75, 3.05) is 39.6 Å². The Morgan fingerprint density at radius 1 is 0.266 bits per heavy atom. The lowest BCUT2D eigenvalue weighted by Gasteiger charge is -2.21. The van der Waals surface area contributed by atoms with Crippen LogP contribution in [0.2, 0.25) is 0 Å². The van der Waals surface area contributed by atoms with E-state index in [1.54, 1.807) is 0 Å². The Labute approximate surface area is 666 Å². The number of unbranched alkanes of at least 4 members (excludes halogenated alkanes) is 43. The van der Waals surface area contributed by atoms with Crippen molar-refractivity contribution in [1.82, 2.24) is 0 Å². The lowest BCUT2D eigenvalue weighted by molar-refractivity contribution is -0.161. The van der Waals surface area contributed by atoms with Crippen LogP contribution in [-0.2, 0) is 55.8 Å². The quantitative estimate of drug-likeness (QED) is 0.0146. The highest BCUT2D eigenvalue weighted by molar-refractivity contribution is 7.47. The van der Waals surface area contributed by atoms with Crippen LogP contribution >= 0.6 is 15.6 Å². The number of allylic oxidation sites excluding steroid dienone is 18. The number of rotatable bonds is 84. The summed E-state index contributed by atoms with van der Waals surface area (Å²) < 4.78 is 61.2. The zero-order chi connectivity index (χ0) is 79.4. The summed E-state index contributed by atoms with van der Waals surface area (Å²) in [6.07, 6.45) is 100. The predicted molar refractivity (Wildman–Crippen MR) is 454 cm³/mol.